The van der Waals surface area contributed by atoms with E-state index in [0.717, 1.165) is 19.6 Å². The summed E-state index contributed by atoms with van der Waals surface area (Å²) < 4.78 is 23.5. The van der Waals surface area contributed by atoms with Crippen LogP contribution in [0.2, 0.25) is 0 Å². The van der Waals surface area contributed by atoms with Crippen LogP contribution in [0.4, 0.5) is 0 Å². The Morgan fingerprint density at radius 2 is 1.79 bits per heavy atom. The highest BCUT2D eigenvalue weighted by atomic mass is 32.2. The molecular weight excluding hydrogens is 392 g/mol. The third-order valence-electron chi connectivity index (χ3n) is 5.77. The normalized spacial score (nSPS) is 25.2. The van der Waals surface area contributed by atoms with Crippen molar-refractivity contribution in [3.05, 3.63) is 35.9 Å². The van der Waals surface area contributed by atoms with Gasteiger partial charge in [0.1, 0.15) is 5.71 Å². The van der Waals surface area contributed by atoms with Crippen LogP contribution >= 0.6 is 0 Å². The molecule has 9 heteroatoms. The largest absolute Gasteiger partial charge is 0.335 e. The average molecular weight is 419 g/mol. The number of carbonyl (C=O) groups excluding carboxylic acids is 2. The molecule has 2 amide bonds. The molecule has 1 atom stereocenters. The van der Waals surface area contributed by atoms with Gasteiger partial charge in [-0.1, -0.05) is 30.3 Å². The summed E-state index contributed by atoms with van der Waals surface area (Å²) in [6.45, 7) is 3.68. The first-order valence-electron chi connectivity index (χ1n) is 10.1. The van der Waals surface area contributed by atoms with E-state index in [1.165, 1.54) is 10.6 Å². The number of piperazine rings is 1. The molecule has 8 nitrogen and oxygen atoms in total. The summed E-state index contributed by atoms with van der Waals surface area (Å²) in [5.41, 5.74) is 1.62. The van der Waals surface area contributed by atoms with Crippen LogP contribution in [0.1, 0.15) is 24.8 Å². The van der Waals surface area contributed by atoms with Crippen LogP contribution < -0.4 is 0 Å². The summed E-state index contributed by atoms with van der Waals surface area (Å²) in [7, 11) is -3.12. The van der Waals surface area contributed by atoms with Crippen molar-refractivity contribution in [1.29, 1.82) is 0 Å². The molecule has 2 saturated heterocycles. The molecule has 0 aliphatic carbocycles. The third-order valence-corrected chi connectivity index (χ3v) is 7.52. The lowest BCUT2D eigenvalue weighted by molar-refractivity contribution is -0.134. The van der Waals surface area contributed by atoms with Crippen molar-refractivity contribution in [3.8, 4) is 0 Å². The Morgan fingerprint density at radius 3 is 2.45 bits per heavy atom. The quantitative estimate of drug-likeness (QED) is 0.710. The van der Waals surface area contributed by atoms with Crippen molar-refractivity contribution in [2.45, 2.75) is 31.8 Å². The van der Waals surface area contributed by atoms with E-state index in [1.807, 2.05) is 18.2 Å². The van der Waals surface area contributed by atoms with Gasteiger partial charge in [-0.15, -0.1) is 0 Å². The molecule has 0 spiro atoms. The van der Waals surface area contributed by atoms with Gasteiger partial charge < -0.3 is 4.90 Å². The molecule has 156 valence electrons. The fourth-order valence-corrected chi connectivity index (χ4v) is 5.80. The Hall–Kier alpha value is -2.26. The Balaban J connectivity index is 1.37. The Bertz CT molecular complexity index is 908. The first kappa shape index (κ1) is 20.0. The molecule has 1 aromatic rings. The SMILES string of the molecule is O=C(C1=NN([C@H]2CCS(=O)(=O)C2)C(=O)CC1)N1CCN(Cc2ccccc2)CC1. The van der Waals surface area contributed by atoms with Gasteiger partial charge >= 0.3 is 0 Å². The molecule has 0 unspecified atom stereocenters. The monoisotopic (exact) mass is 418 g/mol. The molecule has 3 aliphatic rings. The summed E-state index contributed by atoms with van der Waals surface area (Å²) in [5, 5.41) is 5.56. The molecular formula is C20H26N4O4S. The fourth-order valence-electron chi connectivity index (χ4n) is 4.11. The van der Waals surface area contributed by atoms with E-state index < -0.39 is 15.9 Å². The number of carbonyl (C=O) groups is 2. The average Bonchev–Trinajstić information content (AvgIpc) is 3.09. The zero-order valence-electron chi connectivity index (χ0n) is 16.4. The van der Waals surface area contributed by atoms with Gasteiger partial charge in [0.25, 0.3) is 5.91 Å². The molecule has 2 fully saturated rings. The number of rotatable bonds is 4. The van der Waals surface area contributed by atoms with Gasteiger partial charge in [-0.2, -0.15) is 5.10 Å². The molecule has 29 heavy (non-hydrogen) atoms. The maximum absolute atomic E-state index is 12.9. The Kier molecular flexibility index (Phi) is 5.69. The van der Waals surface area contributed by atoms with Crippen LogP contribution in [0.15, 0.2) is 35.4 Å². The zero-order chi connectivity index (χ0) is 20.4. The molecule has 4 rings (SSSR count). The minimum Gasteiger partial charge on any atom is -0.335 e. The topological polar surface area (TPSA) is 90.4 Å². The van der Waals surface area contributed by atoms with Crippen molar-refractivity contribution < 1.29 is 18.0 Å². The number of nitrogens with zero attached hydrogens (tertiary/aromatic N) is 4. The van der Waals surface area contributed by atoms with Crippen LogP contribution in [-0.4, -0.2) is 84.5 Å². The van der Waals surface area contributed by atoms with Gasteiger partial charge in [0.2, 0.25) is 5.91 Å². The van der Waals surface area contributed by atoms with Crippen LogP contribution in [0.5, 0.6) is 0 Å². The predicted octanol–water partition coefficient (Wildman–Crippen LogP) is 0.496. The standard InChI is InChI=1S/C20H26N4O4S/c25-19-7-6-18(21-24(19)17-8-13-29(27,28)15-17)20(26)23-11-9-22(10-12-23)14-16-4-2-1-3-5-16/h1-5,17H,6-15H2/t17-/m0/s1. The van der Waals surface area contributed by atoms with E-state index in [9.17, 15) is 18.0 Å². The molecule has 0 radical (unpaired) electrons. The van der Waals surface area contributed by atoms with Crippen LogP contribution in [-0.2, 0) is 26.0 Å². The summed E-state index contributed by atoms with van der Waals surface area (Å²) >= 11 is 0. The summed E-state index contributed by atoms with van der Waals surface area (Å²) in [4.78, 5) is 29.3. The van der Waals surface area contributed by atoms with E-state index in [0.29, 0.717) is 31.6 Å². The number of hydrogen-bond donors (Lipinski definition) is 0. The van der Waals surface area contributed by atoms with E-state index in [2.05, 4.69) is 22.1 Å². The van der Waals surface area contributed by atoms with Gasteiger partial charge in [0, 0.05) is 45.6 Å². The summed E-state index contributed by atoms with van der Waals surface area (Å²) in [5.74, 6) is -0.329. The smallest absolute Gasteiger partial charge is 0.270 e. The molecule has 3 aliphatic heterocycles. The van der Waals surface area contributed by atoms with Gasteiger partial charge in [-0.05, 0) is 12.0 Å². The van der Waals surface area contributed by atoms with Crippen molar-refractivity contribution in [3.63, 3.8) is 0 Å². The minimum absolute atomic E-state index is 0.0676. The van der Waals surface area contributed by atoms with Gasteiger partial charge in [0.15, 0.2) is 9.84 Å². The first-order valence-corrected chi connectivity index (χ1v) is 11.9. The van der Waals surface area contributed by atoms with Crippen LogP contribution in [0.3, 0.4) is 0 Å². The Morgan fingerprint density at radius 1 is 1.07 bits per heavy atom. The molecule has 0 aromatic heterocycles. The van der Waals surface area contributed by atoms with Crippen LogP contribution in [0, 0.1) is 0 Å². The second-order valence-electron chi connectivity index (χ2n) is 7.90. The number of hydrazone groups is 1. The molecule has 0 saturated carbocycles. The Labute approximate surface area is 171 Å². The van der Waals surface area contributed by atoms with Gasteiger partial charge in [0.05, 0.1) is 17.5 Å². The number of benzene rings is 1. The lowest BCUT2D eigenvalue weighted by atomic mass is 10.1. The number of sulfone groups is 1. The van der Waals surface area contributed by atoms with Crippen molar-refractivity contribution in [1.82, 2.24) is 14.8 Å². The molecule has 1 aromatic carbocycles. The van der Waals surface area contributed by atoms with E-state index in [1.54, 1.807) is 4.90 Å². The summed E-state index contributed by atoms with van der Waals surface area (Å²) in [6.07, 6.45) is 0.907. The highest BCUT2D eigenvalue weighted by molar-refractivity contribution is 7.91. The van der Waals surface area contributed by atoms with Crippen molar-refractivity contribution >= 4 is 27.4 Å². The first-order chi connectivity index (χ1) is 13.9. The van der Waals surface area contributed by atoms with Crippen molar-refractivity contribution in [2.24, 2.45) is 5.10 Å². The number of hydrogen-bond acceptors (Lipinski definition) is 6. The molecule has 0 bridgehead atoms. The predicted molar refractivity (Wildman–Crippen MR) is 109 cm³/mol. The maximum atomic E-state index is 12.9. The van der Waals surface area contributed by atoms with Gasteiger partial charge in [-0.3, -0.25) is 14.5 Å². The van der Waals surface area contributed by atoms with Gasteiger partial charge in [-0.25, -0.2) is 13.4 Å². The summed E-state index contributed by atoms with van der Waals surface area (Å²) in [6, 6.07) is 9.81. The van der Waals surface area contributed by atoms with Crippen LogP contribution in [0.25, 0.3) is 0 Å². The second-order valence-corrected chi connectivity index (χ2v) is 10.1. The third kappa shape index (κ3) is 4.67. The van der Waals surface area contributed by atoms with E-state index in [4.69, 9.17) is 0 Å². The molecule has 3 heterocycles. The molecule has 0 N–H and O–H groups in total. The lowest BCUT2D eigenvalue weighted by Crippen LogP contribution is -2.51. The highest BCUT2D eigenvalue weighted by Crippen LogP contribution is 2.23. The van der Waals surface area contributed by atoms with E-state index >= 15 is 0 Å². The maximum Gasteiger partial charge on any atom is 0.270 e. The van der Waals surface area contributed by atoms with E-state index in [-0.39, 0.29) is 29.7 Å². The van der Waals surface area contributed by atoms with Crippen molar-refractivity contribution in [2.75, 3.05) is 37.7 Å². The fraction of sp³-hybridized carbons (Fsp3) is 0.550. The highest BCUT2D eigenvalue weighted by Gasteiger charge is 2.38. The second kappa shape index (κ2) is 8.23. The zero-order valence-corrected chi connectivity index (χ0v) is 17.2. The number of amides is 2. The minimum atomic E-state index is -3.12. The lowest BCUT2D eigenvalue weighted by Gasteiger charge is -2.36.